The minimum absolute atomic E-state index is 0.176. The van der Waals surface area contributed by atoms with Crippen LogP contribution in [0.15, 0.2) is 45.3 Å². The molecule has 0 atom stereocenters. The van der Waals surface area contributed by atoms with Gasteiger partial charge < -0.3 is 15.5 Å². The Kier molecular flexibility index (Phi) is 3.34. The number of benzene rings is 1. The number of aromatic amines is 1. The molecule has 0 aliphatic carbocycles. The summed E-state index contributed by atoms with van der Waals surface area (Å²) in [5, 5.41) is 0.532. The molecular weight excluding hydrogens is 238 g/mol. The number of H-pyrrole nitrogens is 1. The molecule has 0 aliphatic heterocycles. The number of nitrogen functional groups attached to an aromatic ring is 1. The first kappa shape index (κ1) is 11.5. The standard InChI is InChI=1S/C11H11N3O2S/c1-16-9-6-7(2-3-8(9)12)17-11-13-5-4-10(15)14-11/h2-6H,12H2,1H3,(H,13,14,15). The predicted molar refractivity (Wildman–Crippen MR) is 66.4 cm³/mol. The zero-order valence-electron chi connectivity index (χ0n) is 9.14. The summed E-state index contributed by atoms with van der Waals surface area (Å²) in [5.74, 6) is 0.605. The van der Waals surface area contributed by atoms with Crippen LogP contribution in [0, 0.1) is 0 Å². The Morgan fingerprint density at radius 1 is 1.41 bits per heavy atom. The van der Waals surface area contributed by atoms with Crippen LogP contribution in [0.4, 0.5) is 5.69 Å². The maximum absolute atomic E-state index is 11.1. The summed E-state index contributed by atoms with van der Waals surface area (Å²) in [6.07, 6.45) is 1.47. The van der Waals surface area contributed by atoms with Crippen molar-refractivity contribution in [2.45, 2.75) is 10.1 Å². The lowest BCUT2D eigenvalue weighted by Gasteiger charge is -2.06. The van der Waals surface area contributed by atoms with Crippen molar-refractivity contribution in [2.75, 3.05) is 12.8 Å². The summed E-state index contributed by atoms with van der Waals surface area (Å²) in [5.41, 5.74) is 6.11. The number of nitrogens with zero attached hydrogens (tertiary/aromatic N) is 1. The number of hydrogen-bond donors (Lipinski definition) is 2. The van der Waals surface area contributed by atoms with Gasteiger partial charge in [0.1, 0.15) is 5.75 Å². The Balaban J connectivity index is 2.27. The predicted octanol–water partition coefficient (Wildman–Crippen LogP) is 1.51. The maximum Gasteiger partial charge on any atom is 0.251 e. The molecule has 88 valence electrons. The monoisotopic (exact) mass is 249 g/mol. The Bertz CT molecular complexity index is 583. The quantitative estimate of drug-likeness (QED) is 0.636. The highest BCUT2D eigenvalue weighted by molar-refractivity contribution is 7.99. The Morgan fingerprint density at radius 3 is 2.94 bits per heavy atom. The SMILES string of the molecule is COc1cc(Sc2nccc(=O)[nH]2)ccc1N. The fourth-order valence-corrected chi connectivity index (χ4v) is 2.06. The first-order valence-electron chi connectivity index (χ1n) is 4.86. The van der Waals surface area contributed by atoms with E-state index >= 15 is 0 Å². The third-order valence-electron chi connectivity index (χ3n) is 2.07. The molecule has 0 amide bonds. The Morgan fingerprint density at radius 2 is 2.24 bits per heavy atom. The number of aromatic nitrogens is 2. The molecule has 0 bridgehead atoms. The normalized spacial score (nSPS) is 10.2. The van der Waals surface area contributed by atoms with Crippen LogP contribution in [0.5, 0.6) is 5.75 Å². The maximum atomic E-state index is 11.1. The summed E-state index contributed by atoms with van der Waals surface area (Å²) < 4.78 is 5.12. The molecule has 0 fully saturated rings. The van der Waals surface area contributed by atoms with E-state index in [0.29, 0.717) is 16.6 Å². The molecule has 0 saturated heterocycles. The van der Waals surface area contributed by atoms with Gasteiger partial charge in [-0.1, -0.05) is 11.8 Å². The Labute approximate surface area is 102 Å². The fourth-order valence-electron chi connectivity index (χ4n) is 1.27. The largest absolute Gasteiger partial charge is 0.495 e. The number of anilines is 1. The van der Waals surface area contributed by atoms with E-state index in [2.05, 4.69) is 9.97 Å². The molecule has 17 heavy (non-hydrogen) atoms. The van der Waals surface area contributed by atoms with E-state index in [0.717, 1.165) is 4.90 Å². The second kappa shape index (κ2) is 4.92. The molecule has 3 N–H and O–H groups in total. The van der Waals surface area contributed by atoms with Crippen molar-refractivity contribution < 1.29 is 4.74 Å². The molecule has 6 heteroatoms. The number of ether oxygens (including phenoxy) is 1. The van der Waals surface area contributed by atoms with Crippen molar-refractivity contribution in [3.8, 4) is 5.75 Å². The van der Waals surface area contributed by atoms with Gasteiger partial charge in [-0.3, -0.25) is 4.79 Å². The van der Waals surface area contributed by atoms with Crippen molar-refractivity contribution in [2.24, 2.45) is 0 Å². The van der Waals surface area contributed by atoms with Gasteiger partial charge in [-0.15, -0.1) is 0 Å². The van der Waals surface area contributed by atoms with Gasteiger partial charge in [0.25, 0.3) is 5.56 Å². The highest BCUT2D eigenvalue weighted by Crippen LogP contribution is 2.30. The smallest absolute Gasteiger partial charge is 0.251 e. The van der Waals surface area contributed by atoms with Crippen molar-refractivity contribution in [3.05, 3.63) is 40.8 Å². The highest BCUT2D eigenvalue weighted by atomic mass is 32.2. The molecular formula is C11H11N3O2S. The average molecular weight is 249 g/mol. The van der Waals surface area contributed by atoms with Crippen LogP contribution >= 0.6 is 11.8 Å². The molecule has 5 nitrogen and oxygen atoms in total. The summed E-state index contributed by atoms with van der Waals surface area (Å²) >= 11 is 1.34. The topological polar surface area (TPSA) is 81.0 Å². The van der Waals surface area contributed by atoms with E-state index in [-0.39, 0.29) is 5.56 Å². The van der Waals surface area contributed by atoms with E-state index in [1.165, 1.54) is 24.0 Å². The zero-order chi connectivity index (χ0) is 12.3. The van der Waals surface area contributed by atoms with Gasteiger partial charge in [-0.05, 0) is 18.2 Å². The van der Waals surface area contributed by atoms with Gasteiger partial charge in [0, 0.05) is 17.2 Å². The lowest BCUT2D eigenvalue weighted by atomic mass is 10.3. The summed E-state index contributed by atoms with van der Waals surface area (Å²) in [4.78, 5) is 18.7. The van der Waals surface area contributed by atoms with Crippen LogP contribution in [0.2, 0.25) is 0 Å². The van der Waals surface area contributed by atoms with E-state index in [4.69, 9.17) is 10.5 Å². The van der Waals surface area contributed by atoms with E-state index in [1.807, 2.05) is 6.07 Å². The van der Waals surface area contributed by atoms with E-state index in [1.54, 1.807) is 19.2 Å². The lowest BCUT2D eigenvalue weighted by Crippen LogP contribution is -2.04. The summed E-state index contributed by atoms with van der Waals surface area (Å²) in [6, 6.07) is 6.76. The molecule has 0 unspecified atom stereocenters. The molecule has 1 aromatic carbocycles. The molecule has 2 aromatic rings. The third kappa shape index (κ3) is 2.79. The van der Waals surface area contributed by atoms with Crippen LogP contribution in [0.1, 0.15) is 0 Å². The van der Waals surface area contributed by atoms with Crippen LogP contribution in [0.3, 0.4) is 0 Å². The molecule has 0 saturated carbocycles. The van der Waals surface area contributed by atoms with Gasteiger partial charge in [0.15, 0.2) is 5.16 Å². The number of hydrogen-bond acceptors (Lipinski definition) is 5. The summed E-state index contributed by atoms with van der Waals surface area (Å²) in [6.45, 7) is 0. The van der Waals surface area contributed by atoms with E-state index in [9.17, 15) is 4.79 Å². The lowest BCUT2D eigenvalue weighted by molar-refractivity contribution is 0.416. The van der Waals surface area contributed by atoms with Gasteiger partial charge in [-0.25, -0.2) is 4.98 Å². The third-order valence-corrected chi connectivity index (χ3v) is 2.96. The highest BCUT2D eigenvalue weighted by Gasteiger charge is 2.04. The van der Waals surface area contributed by atoms with Gasteiger partial charge in [0.2, 0.25) is 0 Å². The van der Waals surface area contributed by atoms with Crippen molar-refractivity contribution in [1.29, 1.82) is 0 Å². The first-order chi connectivity index (χ1) is 8.19. The van der Waals surface area contributed by atoms with Crippen LogP contribution in [0.25, 0.3) is 0 Å². The first-order valence-corrected chi connectivity index (χ1v) is 5.67. The van der Waals surface area contributed by atoms with Crippen LogP contribution < -0.4 is 16.0 Å². The van der Waals surface area contributed by atoms with Gasteiger partial charge in [-0.2, -0.15) is 0 Å². The van der Waals surface area contributed by atoms with E-state index < -0.39 is 0 Å². The zero-order valence-corrected chi connectivity index (χ0v) is 9.95. The minimum Gasteiger partial charge on any atom is -0.495 e. The number of nitrogens with two attached hydrogens (primary N) is 1. The Hall–Kier alpha value is -1.95. The number of nitrogens with one attached hydrogen (secondary N) is 1. The van der Waals surface area contributed by atoms with Gasteiger partial charge >= 0.3 is 0 Å². The molecule has 0 radical (unpaired) electrons. The van der Waals surface area contributed by atoms with Crippen LogP contribution in [-0.2, 0) is 0 Å². The van der Waals surface area contributed by atoms with Crippen LogP contribution in [-0.4, -0.2) is 17.1 Å². The number of rotatable bonds is 3. The minimum atomic E-state index is -0.176. The second-order valence-corrected chi connectivity index (χ2v) is 4.31. The van der Waals surface area contributed by atoms with Gasteiger partial charge in [0.05, 0.1) is 12.8 Å². The molecule has 0 spiro atoms. The van der Waals surface area contributed by atoms with Crippen molar-refractivity contribution >= 4 is 17.4 Å². The second-order valence-electron chi connectivity index (χ2n) is 3.25. The van der Waals surface area contributed by atoms with Crippen molar-refractivity contribution in [1.82, 2.24) is 9.97 Å². The number of methoxy groups -OCH3 is 1. The summed E-state index contributed by atoms with van der Waals surface area (Å²) in [7, 11) is 1.56. The molecule has 2 rings (SSSR count). The average Bonchev–Trinajstić information content (AvgIpc) is 2.32. The van der Waals surface area contributed by atoms with Crippen molar-refractivity contribution in [3.63, 3.8) is 0 Å². The molecule has 1 heterocycles. The molecule has 0 aliphatic rings. The molecule has 1 aromatic heterocycles. The fraction of sp³-hybridized carbons (Fsp3) is 0.0909.